The van der Waals surface area contributed by atoms with Gasteiger partial charge in [0.05, 0.1) is 5.51 Å². The van der Waals surface area contributed by atoms with Crippen molar-refractivity contribution < 1.29 is 0 Å². The summed E-state index contributed by atoms with van der Waals surface area (Å²) in [5.41, 5.74) is 1.86. The average molecular weight is 179 g/mol. The lowest BCUT2D eigenvalue weighted by atomic mass is 10.5. The van der Waals surface area contributed by atoms with Crippen molar-refractivity contribution >= 4 is 23.7 Å². The van der Waals surface area contributed by atoms with Crippen molar-refractivity contribution in [3.8, 4) is 0 Å². The fraction of sp³-hybridized carbons (Fsp3) is 0.500. The Bertz CT molecular complexity index is 162. The van der Waals surface area contributed by atoms with Crippen LogP contribution >= 0.6 is 23.7 Å². The van der Waals surface area contributed by atoms with Crippen LogP contribution in [0, 0.1) is 0 Å². The van der Waals surface area contributed by atoms with Gasteiger partial charge in [0, 0.05) is 17.6 Å². The van der Waals surface area contributed by atoms with Crippen LogP contribution in [0.1, 0.15) is 4.88 Å². The summed E-state index contributed by atoms with van der Waals surface area (Å²) in [5.74, 6) is 0. The van der Waals surface area contributed by atoms with Crippen LogP contribution in [-0.4, -0.2) is 24.0 Å². The summed E-state index contributed by atoms with van der Waals surface area (Å²) in [6, 6.07) is 0. The van der Waals surface area contributed by atoms with Crippen molar-refractivity contribution in [3.05, 3.63) is 16.6 Å². The lowest BCUT2D eigenvalue weighted by molar-refractivity contribution is 0.406. The van der Waals surface area contributed by atoms with Gasteiger partial charge in [-0.3, -0.25) is 4.98 Å². The second-order valence-corrected chi connectivity index (χ2v) is 3.18. The summed E-state index contributed by atoms with van der Waals surface area (Å²) in [7, 11) is 4.11. The van der Waals surface area contributed by atoms with Crippen LogP contribution in [0.25, 0.3) is 0 Å². The van der Waals surface area contributed by atoms with Gasteiger partial charge in [0.1, 0.15) is 0 Å². The number of halogens is 1. The summed E-state index contributed by atoms with van der Waals surface area (Å²) >= 11 is 1.70. The van der Waals surface area contributed by atoms with E-state index < -0.39 is 0 Å². The Morgan fingerprint density at radius 1 is 1.60 bits per heavy atom. The van der Waals surface area contributed by atoms with Crippen LogP contribution < -0.4 is 0 Å². The standard InChI is InChI=1S/C6H10N2S.ClH/c1-8(2)4-6-3-7-5-9-6;/h3,5H,4H2,1-2H3;1H. The first-order valence-electron chi connectivity index (χ1n) is 2.81. The maximum absolute atomic E-state index is 3.97. The zero-order valence-electron chi connectivity index (χ0n) is 6.07. The van der Waals surface area contributed by atoms with Gasteiger partial charge in [0.2, 0.25) is 0 Å². The first kappa shape index (κ1) is 9.88. The zero-order chi connectivity index (χ0) is 6.69. The summed E-state index contributed by atoms with van der Waals surface area (Å²) in [4.78, 5) is 7.42. The topological polar surface area (TPSA) is 16.1 Å². The largest absolute Gasteiger partial charge is 0.304 e. The summed E-state index contributed by atoms with van der Waals surface area (Å²) in [6.45, 7) is 1.00. The predicted octanol–water partition coefficient (Wildman–Crippen LogP) is 1.63. The van der Waals surface area contributed by atoms with Crippen molar-refractivity contribution in [2.24, 2.45) is 0 Å². The number of hydrogen-bond acceptors (Lipinski definition) is 3. The minimum atomic E-state index is 0. The van der Waals surface area contributed by atoms with E-state index >= 15 is 0 Å². The maximum atomic E-state index is 3.97. The highest BCUT2D eigenvalue weighted by molar-refractivity contribution is 7.09. The molecule has 0 radical (unpaired) electrons. The molecule has 0 amide bonds. The number of hydrogen-bond donors (Lipinski definition) is 0. The second-order valence-electron chi connectivity index (χ2n) is 2.21. The van der Waals surface area contributed by atoms with Crippen LogP contribution in [0.15, 0.2) is 11.7 Å². The molecule has 1 aromatic rings. The van der Waals surface area contributed by atoms with E-state index in [1.165, 1.54) is 4.88 Å². The van der Waals surface area contributed by atoms with Crippen LogP contribution in [0.5, 0.6) is 0 Å². The van der Waals surface area contributed by atoms with Gasteiger partial charge in [0.15, 0.2) is 0 Å². The molecule has 4 heteroatoms. The van der Waals surface area contributed by atoms with Gasteiger partial charge in [0.25, 0.3) is 0 Å². The molecule has 1 rings (SSSR count). The minimum Gasteiger partial charge on any atom is -0.304 e. The maximum Gasteiger partial charge on any atom is 0.0794 e. The Balaban J connectivity index is 0.000000810. The van der Waals surface area contributed by atoms with Crippen LogP contribution in [0.4, 0.5) is 0 Å². The molecule has 2 nitrogen and oxygen atoms in total. The molecule has 0 saturated carbocycles. The molecule has 0 bridgehead atoms. The molecule has 0 spiro atoms. The third kappa shape index (κ3) is 3.15. The van der Waals surface area contributed by atoms with Gasteiger partial charge in [-0.05, 0) is 14.1 Å². The fourth-order valence-corrected chi connectivity index (χ4v) is 1.34. The second kappa shape index (κ2) is 4.66. The van der Waals surface area contributed by atoms with E-state index in [1.807, 2.05) is 11.7 Å². The Kier molecular flexibility index (Phi) is 4.60. The lowest BCUT2D eigenvalue weighted by Gasteiger charge is -2.04. The van der Waals surface area contributed by atoms with Crippen molar-refractivity contribution in [1.29, 1.82) is 0 Å². The lowest BCUT2D eigenvalue weighted by Crippen LogP contribution is -2.09. The molecule has 0 aliphatic heterocycles. The molecule has 0 fully saturated rings. The SMILES string of the molecule is CN(C)Cc1cncs1.Cl. The molecular formula is C6H11ClN2S. The van der Waals surface area contributed by atoms with Crippen molar-refractivity contribution in [2.45, 2.75) is 6.54 Å². The first-order valence-corrected chi connectivity index (χ1v) is 3.69. The number of thiazole rings is 1. The number of rotatable bonds is 2. The van der Waals surface area contributed by atoms with Gasteiger partial charge in [-0.2, -0.15) is 0 Å². The Hall–Kier alpha value is -0.120. The smallest absolute Gasteiger partial charge is 0.0794 e. The molecule has 0 unspecified atom stereocenters. The van der Waals surface area contributed by atoms with Gasteiger partial charge in [-0.25, -0.2) is 0 Å². The minimum absolute atomic E-state index is 0. The summed E-state index contributed by atoms with van der Waals surface area (Å²) < 4.78 is 0. The molecule has 0 atom stereocenters. The Morgan fingerprint density at radius 3 is 2.70 bits per heavy atom. The molecule has 58 valence electrons. The van der Waals surface area contributed by atoms with Crippen LogP contribution in [0.3, 0.4) is 0 Å². The zero-order valence-corrected chi connectivity index (χ0v) is 7.71. The first-order chi connectivity index (χ1) is 4.29. The van der Waals surface area contributed by atoms with Crippen LogP contribution in [0.2, 0.25) is 0 Å². The van der Waals surface area contributed by atoms with Gasteiger partial charge in [-0.15, -0.1) is 23.7 Å². The normalized spacial score (nSPS) is 9.50. The van der Waals surface area contributed by atoms with Crippen molar-refractivity contribution in [3.63, 3.8) is 0 Å². The molecular weight excluding hydrogens is 168 g/mol. The van der Waals surface area contributed by atoms with E-state index in [1.54, 1.807) is 11.3 Å². The number of aromatic nitrogens is 1. The number of nitrogens with zero attached hydrogens (tertiary/aromatic N) is 2. The van der Waals surface area contributed by atoms with E-state index in [9.17, 15) is 0 Å². The predicted molar refractivity (Wildman–Crippen MR) is 46.8 cm³/mol. The quantitative estimate of drug-likeness (QED) is 0.685. The van der Waals surface area contributed by atoms with E-state index in [-0.39, 0.29) is 12.4 Å². The summed E-state index contributed by atoms with van der Waals surface area (Å²) in [5, 5.41) is 0. The molecule has 0 N–H and O–H groups in total. The third-order valence-corrected chi connectivity index (χ3v) is 1.72. The monoisotopic (exact) mass is 178 g/mol. The molecule has 0 aromatic carbocycles. The molecule has 10 heavy (non-hydrogen) atoms. The highest BCUT2D eigenvalue weighted by atomic mass is 35.5. The average Bonchev–Trinajstić information content (AvgIpc) is 2.15. The van der Waals surface area contributed by atoms with Crippen LogP contribution in [-0.2, 0) is 6.54 Å². The van der Waals surface area contributed by atoms with Crippen molar-refractivity contribution in [1.82, 2.24) is 9.88 Å². The Labute approximate surface area is 71.3 Å². The highest BCUT2D eigenvalue weighted by Gasteiger charge is 1.93. The summed E-state index contributed by atoms with van der Waals surface area (Å²) in [6.07, 6.45) is 1.91. The van der Waals surface area contributed by atoms with E-state index in [2.05, 4.69) is 24.0 Å². The van der Waals surface area contributed by atoms with E-state index in [0.717, 1.165) is 6.54 Å². The molecule has 1 aromatic heterocycles. The Morgan fingerprint density at radius 2 is 2.30 bits per heavy atom. The van der Waals surface area contributed by atoms with E-state index in [4.69, 9.17) is 0 Å². The van der Waals surface area contributed by atoms with Gasteiger partial charge < -0.3 is 4.90 Å². The molecule has 1 heterocycles. The van der Waals surface area contributed by atoms with Gasteiger partial charge >= 0.3 is 0 Å². The van der Waals surface area contributed by atoms with Crippen molar-refractivity contribution in [2.75, 3.05) is 14.1 Å². The highest BCUT2D eigenvalue weighted by Crippen LogP contribution is 2.06. The van der Waals surface area contributed by atoms with E-state index in [0.29, 0.717) is 0 Å². The fourth-order valence-electron chi connectivity index (χ4n) is 0.632. The van der Waals surface area contributed by atoms with Gasteiger partial charge in [-0.1, -0.05) is 0 Å². The third-order valence-electron chi connectivity index (χ3n) is 0.956. The molecule has 0 aliphatic carbocycles. The molecule has 0 saturated heterocycles. The molecule has 0 aliphatic rings.